The van der Waals surface area contributed by atoms with Crippen molar-refractivity contribution in [3.05, 3.63) is 47.3 Å². The van der Waals surface area contributed by atoms with E-state index in [-0.39, 0.29) is 6.04 Å². The van der Waals surface area contributed by atoms with Gasteiger partial charge in [-0.15, -0.1) is 0 Å². The maximum absolute atomic E-state index is 12.9. The van der Waals surface area contributed by atoms with Crippen molar-refractivity contribution in [3.63, 3.8) is 0 Å². The number of carbonyl (C=O) groups excluding carboxylic acids is 2. The van der Waals surface area contributed by atoms with Crippen molar-refractivity contribution in [1.82, 2.24) is 14.7 Å². The van der Waals surface area contributed by atoms with Crippen LogP contribution in [-0.2, 0) is 4.79 Å². The van der Waals surface area contributed by atoms with Crippen LogP contribution in [0, 0.1) is 13.8 Å². The zero-order valence-corrected chi connectivity index (χ0v) is 15.2. The van der Waals surface area contributed by atoms with E-state index in [0.29, 0.717) is 23.5 Å². The van der Waals surface area contributed by atoms with Crippen LogP contribution in [0.4, 0.5) is 0 Å². The molecular formula is C20H25N3O2. The number of Topliss-reactive ketones (excluding diaryl/α,β-unsaturated/α-hetero) is 1. The lowest BCUT2D eigenvalue weighted by Crippen LogP contribution is -2.42. The van der Waals surface area contributed by atoms with Crippen molar-refractivity contribution in [2.45, 2.75) is 52.5 Å². The van der Waals surface area contributed by atoms with E-state index in [2.05, 4.69) is 5.10 Å². The molecule has 0 atom stereocenters. The molecule has 1 aromatic carbocycles. The van der Waals surface area contributed by atoms with E-state index in [1.807, 2.05) is 44.2 Å². The molecule has 1 heterocycles. The summed E-state index contributed by atoms with van der Waals surface area (Å²) in [5, 5.41) is 4.49. The zero-order valence-electron chi connectivity index (χ0n) is 15.2. The van der Waals surface area contributed by atoms with E-state index >= 15 is 0 Å². The van der Waals surface area contributed by atoms with E-state index in [0.717, 1.165) is 31.4 Å². The first-order valence-electron chi connectivity index (χ1n) is 9.01. The summed E-state index contributed by atoms with van der Waals surface area (Å²) >= 11 is 0. The zero-order chi connectivity index (χ0) is 18.0. The molecule has 5 nitrogen and oxygen atoms in total. The Balaban J connectivity index is 1.92. The number of hydrogen-bond donors (Lipinski definition) is 0. The van der Waals surface area contributed by atoms with Crippen molar-refractivity contribution in [3.8, 4) is 5.69 Å². The van der Waals surface area contributed by atoms with Crippen LogP contribution in [0.5, 0.6) is 0 Å². The van der Waals surface area contributed by atoms with Crippen molar-refractivity contribution in [2.75, 3.05) is 6.54 Å². The summed E-state index contributed by atoms with van der Waals surface area (Å²) in [6.07, 6.45) is 4.25. The van der Waals surface area contributed by atoms with Gasteiger partial charge in [-0.25, -0.2) is 4.68 Å². The highest BCUT2D eigenvalue weighted by Gasteiger charge is 2.32. The van der Waals surface area contributed by atoms with E-state index in [4.69, 9.17) is 0 Å². The first kappa shape index (κ1) is 17.4. The van der Waals surface area contributed by atoms with E-state index in [9.17, 15) is 9.59 Å². The molecule has 1 aromatic heterocycles. The Labute approximate surface area is 148 Å². The number of nitrogens with zero attached hydrogens (tertiary/aromatic N) is 3. The summed E-state index contributed by atoms with van der Waals surface area (Å²) in [6, 6.07) is 9.87. The molecular weight excluding hydrogens is 314 g/mol. The molecule has 1 amide bonds. The number of benzene rings is 1. The Bertz CT molecular complexity index is 774. The summed E-state index contributed by atoms with van der Waals surface area (Å²) < 4.78 is 1.74. The molecule has 0 unspecified atom stereocenters. The molecule has 0 saturated heterocycles. The summed E-state index contributed by atoms with van der Waals surface area (Å²) in [7, 11) is 0. The number of ketones is 1. The van der Waals surface area contributed by atoms with Crippen molar-refractivity contribution in [1.29, 1.82) is 0 Å². The second kappa shape index (κ2) is 7.21. The van der Waals surface area contributed by atoms with Gasteiger partial charge < -0.3 is 4.90 Å². The quantitative estimate of drug-likeness (QED) is 0.619. The minimum atomic E-state index is -0.439. The molecule has 2 aromatic rings. The fourth-order valence-electron chi connectivity index (χ4n) is 3.81. The lowest BCUT2D eigenvalue weighted by Gasteiger charge is -2.26. The molecule has 1 aliphatic rings. The Morgan fingerprint density at radius 2 is 1.80 bits per heavy atom. The first-order valence-corrected chi connectivity index (χ1v) is 9.01. The number of amides is 1. The van der Waals surface area contributed by atoms with E-state index in [1.54, 1.807) is 16.5 Å². The number of hydrogen-bond acceptors (Lipinski definition) is 3. The Morgan fingerprint density at radius 1 is 1.16 bits per heavy atom. The van der Waals surface area contributed by atoms with Crippen LogP contribution in [0.2, 0.25) is 0 Å². The Morgan fingerprint density at radius 3 is 2.40 bits per heavy atom. The highest BCUT2D eigenvalue weighted by atomic mass is 16.2. The van der Waals surface area contributed by atoms with Crippen molar-refractivity contribution >= 4 is 11.7 Å². The molecule has 25 heavy (non-hydrogen) atoms. The number of rotatable bonds is 5. The number of aromatic nitrogens is 2. The SMILES string of the molecule is CCN(C(=O)C(=O)c1c(C)nn(-c2ccccc2)c1C)C1CCCC1. The van der Waals surface area contributed by atoms with Crippen molar-refractivity contribution in [2.24, 2.45) is 0 Å². The monoisotopic (exact) mass is 339 g/mol. The predicted octanol–water partition coefficient (Wildman–Crippen LogP) is 3.46. The summed E-state index contributed by atoms with van der Waals surface area (Å²) in [4.78, 5) is 27.5. The molecule has 0 aliphatic heterocycles. The first-order chi connectivity index (χ1) is 12.0. The van der Waals surface area contributed by atoms with Gasteiger partial charge in [-0.05, 0) is 45.7 Å². The lowest BCUT2D eigenvalue weighted by atomic mass is 10.1. The summed E-state index contributed by atoms with van der Waals surface area (Å²) in [5.74, 6) is -0.834. The van der Waals surface area contributed by atoms with Crippen LogP contribution in [0.25, 0.3) is 5.69 Å². The van der Waals surface area contributed by atoms with Gasteiger partial charge in [0, 0.05) is 12.6 Å². The number of aryl methyl sites for hydroxylation is 1. The molecule has 1 fully saturated rings. The van der Waals surface area contributed by atoms with Gasteiger partial charge in [0.2, 0.25) is 0 Å². The molecule has 0 spiro atoms. The van der Waals surface area contributed by atoms with Crippen molar-refractivity contribution < 1.29 is 9.59 Å². The summed E-state index contributed by atoms with van der Waals surface area (Å²) in [5.41, 5.74) is 2.63. The third-order valence-electron chi connectivity index (χ3n) is 5.08. The fourth-order valence-corrected chi connectivity index (χ4v) is 3.81. The maximum Gasteiger partial charge on any atom is 0.295 e. The average molecular weight is 339 g/mol. The normalized spacial score (nSPS) is 14.7. The lowest BCUT2D eigenvalue weighted by molar-refractivity contribution is -0.128. The van der Waals surface area contributed by atoms with Crippen LogP contribution < -0.4 is 0 Å². The molecule has 1 saturated carbocycles. The smallest absolute Gasteiger partial charge is 0.295 e. The number of likely N-dealkylation sites (N-methyl/N-ethyl adjacent to an activating group) is 1. The minimum Gasteiger partial charge on any atom is -0.333 e. The second-order valence-electron chi connectivity index (χ2n) is 6.65. The van der Waals surface area contributed by atoms with Gasteiger partial charge in [0.05, 0.1) is 22.6 Å². The highest BCUT2D eigenvalue weighted by molar-refractivity contribution is 6.43. The Hall–Kier alpha value is -2.43. The van der Waals surface area contributed by atoms with E-state index in [1.165, 1.54) is 0 Å². The highest BCUT2D eigenvalue weighted by Crippen LogP contribution is 2.25. The van der Waals surface area contributed by atoms with Gasteiger partial charge in [-0.1, -0.05) is 31.0 Å². The number of carbonyl (C=O) groups is 2. The molecule has 3 rings (SSSR count). The third-order valence-corrected chi connectivity index (χ3v) is 5.08. The maximum atomic E-state index is 12.9. The Kier molecular flexibility index (Phi) is 5.02. The molecule has 0 radical (unpaired) electrons. The largest absolute Gasteiger partial charge is 0.333 e. The standard InChI is InChI=1S/C20H25N3O2/c1-4-22(16-10-8-9-11-16)20(25)19(24)18-14(2)21-23(15(18)3)17-12-6-5-7-13-17/h5-7,12-13,16H,4,8-11H2,1-3H3. The van der Waals surface area contributed by atoms with Gasteiger partial charge >= 0.3 is 0 Å². The second-order valence-corrected chi connectivity index (χ2v) is 6.65. The predicted molar refractivity (Wildman–Crippen MR) is 97.0 cm³/mol. The minimum absolute atomic E-state index is 0.200. The number of para-hydroxylation sites is 1. The van der Waals surface area contributed by atoms with E-state index < -0.39 is 11.7 Å². The fraction of sp³-hybridized carbons (Fsp3) is 0.450. The summed E-state index contributed by atoms with van der Waals surface area (Å²) in [6.45, 7) is 6.15. The van der Waals surface area contributed by atoms with Crippen LogP contribution in [0.1, 0.15) is 54.4 Å². The van der Waals surface area contributed by atoms with Gasteiger partial charge in [0.1, 0.15) is 0 Å². The molecule has 132 valence electrons. The molecule has 5 heteroatoms. The average Bonchev–Trinajstić information content (AvgIpc) is 3.24. The van der Waals surface area contributed by atoms with Crippen LogP contribution >= 0.6 is 0 Å². The van der Waals surface area contributed by atoms with Crippen LogP contribution in [0.3, 0.4) is 0 Å². The topological polar surface area (TPSA) is 55.2 Å². The van der Waals surface area contributed by atoms with Crippen LogP contribution in [-0.4, -0.2) is 39.0 Å². The van der Waals surface area contributed by atoms with Crippen LogP contribution in [0.15, 0.2) is 30.3 Å². The molecule has 0 N–H and O–H groups in total. The third kappa shape index (κ3) is 3.23. The van der Waals surface area contributed by atoms with Gasteiger partial charge in [0.25, 0.3) is 11.7 Å². The van der Waals surface area contributed by atoms with Gasteiger partial charge in [-0.2, -0.15) is 5.10 Å². The molecule has 0 bridgehead atoms. The van der Waals surface area contributed by atoms with Gasteiger partial charge in [-0.3, -0.25) is 9.59 Å². The van der Waals surface area contributed by atoms with Gasteiger partial charge in [0.15, 0.2) is 0 Å². The molecule has 1 aliphatic carbocycles.